The average Bonchev–Trinajstić information content (AvgIpc) is 1.90. The van der Waals surface area contributed by atoms with Crippen LogP contribution >= 0.6 is 0 Å². The first kappa shape index (κ1) is 6.37. The van der Waals surface area contributed by atoms with E-state index in [0.29, 0.717) is 0 Å². The molecule has 1 aromatic carbocycles. The Morgan fingerprint density at radius 3 is 2.33 bits per heavy atom. The number of rotatable bonds is 1. The van der Waals surface area contributed by atoms with Crippen molar-refractivity contribution >= 4 is 7.85 Å². The van der Waals surface area contributed by atoms with Crippen molar-refractivity contribution in [2.75, 3.05) is 0 Å². The summed E-state index contributed by atoms with van der Waals surface area (Å²) in [4.78, 5) is 0. The van der Waals surface area contributed by atoms with Gasteiger partial charge in [0.15, 0.2) is 0 Å². The monoisotopic (exact) mass is 118 g/mol. The Morgan fingerprint density at radius 1 is 1.44 bits per heavy atom. The quantitative estimate of drug-likeness (QED) is 0.519. The Bertz CT molecular complexity index is 172. The topological polar surface area (TPSA) is 26.0 Å². The molecule has 1 unspecified atom stereocenters. The lowest BCUT2D eigenvalue weighted by Crippen LogP contribution is -2.08. The second-order valence-electron chi connectivity index (χ2n) is 2.12. The third kappa shape index (κ3) is 1.58. The first-order chi connectivity index (χ1) is 4.30. The Morgan fingerprint density at radius 2 is 2.00 bits per heavy atom. The van der Waals surface area contributed by atoms with Crippen LogP contribution in [0.4, 0.5) is 0 Å². The molecule has 0 aliphatic heterocycles. The molecule has 1 atom stereocenters. The van der Waals surface area contributed by atoms with Gasteiger partial charge in [0.2, 0.25) is 0 Å². The van der Waals surface area contributed by atoms with E-state index in [9.17, 15) is 0 Å². The van der Waals surface area contributed by atoms with E-state index in [4.69, 9.17) is 5.73 Å². The molecule has 0 fully saturated rings. The number of nitrogens with two attached hydrogens (primary N) is 1. The molecule has 0 saturated heterocycles. The third-order valence-electron chi connectivity index (χ3n) is 1.27. The lowest BCUT2D eigenvalue weighted by molar-refractivity contribution is 1.02. The summed E-state index contributed by atoms with van der Waals surface area (Å²) in [6.07, 6.45) is 0. The van der Waals surface area contributed by atoms with Gasteiger partial charge in [-0.3, -0.25) is 0 Å². The van der Waals surface area contributed by atoms with Gasteiger partial charge in [-0.2, -0.15) is 0 Å². The van der Waals surface area contributed by atoms with Crippen LogP contribution in [0.15, 0.2) is 24.3 Å². The third-order valence-corrected chi connectivity index (χ3v) is 1.27. The van der Waals surface area contributed by atoms with Gasteiger partial charge in [-0.05, 0) is 17.6 Å². The van der Waals surface area contributed by atoms with Crippen LogP contribution < -0.4 is 5.73 Å². The molecule has 0 aliphatic rings. The molecule has 0 amide bonds. The maximum atomic E-state index is 5.60. The van der Waals surface area contributed by atoms with Gasteiger partial charge in [0.05, 0.1) is 0 Å². The second kappa shape index (κ2) is 2.69. The number of benzene rings is 1. The smallest absolute Gasteiger partial charge is 0.128 e. The summed E-state index contributed by atoms with van der Waals surface area (Å²) in [5.74, 6) is 0.139. The first-order valence-electron chi connectivity index (χ1n) is 3.02. The number of hydrogen-bond donors (Lipinski definition) is 1. The predicted molar refractivity (Wildman–Crippen MR) is 40.8 cm³/mol. The van der Waals surface area contributed by atoms with E-state index in [1.165, 1.54) is 0 Å². The minimum absolute atomic E-state index is 0.139. The van der Waals surface area contributed by atoms with Gasteiger partial charge >= 0.3 is 0 Å². The minimum Gasteiger partial charge on any atom is -0.331 e. The minimum atomic E-state index is 0.139. The summed E-state index contributed by atoms with van der Waals surface area (Å²) in [5.41, 5.74) is 6.76. The van der Waals surface area contributed by atoms with Crippen LogP contribution in [0.25, 0.3) is 0 Å². The standard InChI is InChI=1S/C7H9BN/c8-7(9)6-4-2-1-3-5-6/h2-5,7H,8-9H2. The summed E-state index contributed by atoms with van der Waals surface area (Å²) in [5, 5.41) is 0. The van der Waals surface area contributed by atoms with Gasteiger partial charge in [0.25, 0.3) is 0 Å². The van der Waals surface area contributed by atoms with Crippen molar-refractivity contribution < 1.29 is 0 Å². The van der Waals surface area contributed by atoms with Crippen LogP contribution in [0, 0.1) is 6.07 Å². The van der Waals surface area contributed by atoms with Crippen molar-refractivity contribution in [2.45, 2.75) is 5.94 Å². The van der Waals surface area contributed by atoms with Crippen molar-refractivity contribution in [2.24, 2.45) is 5.73 Å². The highest BCUT2D eigenvalue weighted by Crippen LogP contribution is 2.03. The van der Waals surface area contributed by atoms with Crippen molar-refractivity contribution in [3.05, 3.63) is 35.9 Å². The van der Waals surface area contributed by atoms with Gasteiger partial charge < -0.3 is 5.73 Å². The molecule has 0 saturated carbocycles. The van der Waals surface area contributed by atoms with Gasteiger partial charge in [0.1, 0.15) is 7.85 Å². The van der Waals surface area contributed by atoms with E-state index in [2.05, 4.69) is 6.07 Å². The van der Waals surface area contributed by atoms with Crippen molar-refractivity contribution in [3.63, 3.8) is 0 Å². The molecule has 0 aromatic heterocycles. The molecule has 1 nitrogen and oxygen atoms in total. The summed E-state index contributed by atoms with van der Waals surface area (Å²) in [6, 6.07) is 10.6. The lowest BCUT2D eigenvalue weighted by atomic mass is 9.90. The van der Waals surface area contributed by atoms with E-state index in [0.717, 1.165) is 5.56 Å². The molecular weight excluding hydrogens is 109 g/mol. The molecule has 0 spiro atoms. The fraction of sp³-hybridized carbons (Fsp3) is 0.143. The summed E-state index contributed by atoms with van der Waals surface area (Å²) in [6.45, 7) is 0. The van der Waals surface area contributed by atoms with E-state index in [1.807, 2.05) is 32.1 Å². The average molecular weight is 118 g/mol. The van der Waals surface area contributed by atoms with Crippen LogP contribution in [0.1, 0.15) is 11.5 Å². The van der Waals surface area contributed by atoms with E-state index in [1.54, 1.807) is 0 Å². The molecule has 2 N–H and O–H groups in total. The highest BCUT2D eigenvalue weighted by atomic mass is 14.6. The van der Waals surface area contributed by atoms with Gasteiger partial charge in [-0.15, -0.1) is 0 Å². The fourth-order valence-electron chi connectivity index (χ4n) is 0.703. The predicted octanol–water partition coefficient (Wildman–Crippen LogP) is 0.0772. The van der Waals surface area contributed by atoms with Crippen molar-refractivity contribution in [1.82, 2.24) is 0 Å². The van der Waals surface area contributed by atoms with E-state index >= 15 is 0 Å². The zero-order valence-electron chi connectivity index (χ0n) is 5.46. The van der Waals surface area contributed by atoms with Crippen LogP contribution in [0.5, 0.6) is 0 Å². The summed E-state index contributed by atoms with van der Waals surface area (Å²) in [7, 11) is 1.97. The highest BCUT2D eigenvalue weighted by molar-refractivity contribution is 6.11. The molecule has 1 radical (unpaired) electrons. The molecule has 0 heterocycles. The van der Waals surface area contributed by atoms with Crippen LogP contribution in [-0.4, -0.2) is 7.85 Å². The van der Waals surface area contributed by atoms with Crippen LogP contribution in [0.2, 0.25) is 0 Å². The maximum absolute atomic E-state index is 5.60. The van der Waals surface area contributed by atoms with Gasteiger partial charge in [0, 0.05) is 0 Å². The van der Waals surface area contributed by atoms with Crippen molar-refractivity contribution in [3.8, 4) is 0 Å². The van der Waals surface area contributed by atoms with Gasteiger partial charge in [-0.1, -0.05) is 24.3 Å². The Hall–Kier alpha value is -0.755. The molecule has 0 bridgehead atoms. The normalized spacial score (nSPS) is 13.0. The lowest BCUT2D eigenvalue weighted by Gasteiger charge is -2.01. The summed E-state index contributed by atoms with van der Waals surface area (Å²) < 4.78 is 0. The van der Waals surface area contributed by atoms with Crippen LogP contribution in [0.3, 0.4) is 0 Å². The Kier molecular flexibility index (Phi) is 1.90. The molecular formula is C7H9BN. The maximum Gasteiger partial charge on any atom is 0.128 e. The Balaban J connectivity index is 2.85. The largest absolute Gasteiger partial charge is 0.331 e. The van der Waals surface area contributed by atoms with E-state index < -0.39 is 0 Å². The van der Waals surface area contributed by atoms with Crippen LogP contribution in [-0.2, 0) is 0 Å². The molecule has 0 aliphatic carbocycles. The van der Waals surface area contributed by atoms with Crippen molar-refractivity contribution in [1.29, 1.82) is 0 Å². The first-order valence-corrected chi connectivity index (χ1v) is 3.02. The second-order valence-corrected chi connectivity index (χ2v) is 2.12. The number of hydrogen-bond acceptors (Lipinski definition) is 1. The molecule has 1 rings (SSSR count). The SMILES string of the molecule is BC(N)c1cc[c]cc1. The fourth-order valence-corrected chi connectivity index (χ4v) is 0.703. The molecule has 1 aromatic rings. The zero-order valence-corrected chi connectivity index (χ0v) is 5.46. The zero-order chi connectivity index (χ0) is 6.69. The molecule has 45 valence electrons. The molecule has 9 heavy (non-hydrogen) atoms. The Labute approximate surface area is 56.3 Å². The summed E-state index contributed by atoms with van der Waals surface area (Å²) >= 11 is 0. The highest BCUT2D eigenvalue weighted by Gasteiger charge is 1.94. The van der Waals surface area contributed by atoms with Gasteiger partial charge in [-0.25, -0.2) is 0 Å². The molecule has 2 heteroatoms. The van der Waals surface area contributed by atoms with E-state index in [-0.39, 0.29) is 5.94 Å².